The lowest BCUT2D eigenvalue weighted by Gasteiger charge is -2.20. The van der Waals surface area contributed by atoms with Crippen molar-refractivity contribution in [2.24, 2.45) is 0 Å². The molecule has 0 aliphatic heterocycles. The monoisotopic (exact) mass is 420 g/mol. The van der Waals surface area contributed by atoms with E-state index in [2.05, 4.69) is 5.32 Å². The molecule has 0 aliphatic rings. The summed E-state index contributed by atoms with van der Waals surface area (Å²) in [5.74, 6) is -5.42. The topological polar surface area (TPSA) is 71.8 Å². The Hall–Kier alpha value is -3.49. The summed E-state index contributed by atoms with van der Waals surface area (Å²) in [6, 6.07) is 8.33. The number of nitrogens with zero attached hydrogens (tertiary/aromatic N) is 1. The molecule has 1 N–H and O–H groups in total. The summed E-state index contributed by atoms with van der Waals surface area (Å²) in [5, 5.41) is 2.81. The molecule has 0 saturated heterocycles. The number of carbonyl (C=O) groups excluding carboxylic acids is 2. The van der Waals surface area contributed by atoms with E-state index in [0.29, 0.717) is 29.2 Å². The number of furan rings is 1. The number of hydrogen-bond acceptors (Lipinski definition) is 4. The van der Waals surface area contributed by atoms with Crippen LogP contribution in [-0.2, 0) is 4.79 Å². The van der Waals surface area contributed by atoms with E-state index in [4.69, 9.17) is 9.15 Å². The van der Waals surface area contributed by atoms with Gasteiger partial charge in [-0.25, -0.2) is 13.2 Å². The molecule has 1 heterocycles. The Labute approximate surface area is 170 Å². The van der Waals surface area contributed by atoms with Gasteiger partial charge in [0.1, 0.15) is 6.54 Å². The van der Waals surface area contributed by atoms with Gasteiger partial charge in [-0.05, 0) is 30.7 Å². The molecule has 158 valence electrons. The average Bonchev–Trinajstić information content (AvgIpc) is 3.17. The maximum atomic E-state index is 13.8. The Morgan fingerprint density at radius 3 is 2.60 bits per heavy atom. The number of amides is 2. The second kappa shape index (κ2) is 8.89. The Morgan fingerprint density at radius 2 is 1.90 bits per heavy atom. The minimum atomic E-state index is -1.69. The minimum absolute atomic E-state index is 0.00903. The zero-order valence-electron chi connectivity index (χ0n) is 16.3. The van der Waals surface area contributed by atoms with E-state index in [1.807, 2.05) is 6.92 Å². The lowest BCUT2D eigenvalue weighted by molar-refractivity contribution is -0.116. The van der Waals surface area contributed by atoms with E-state index in [0.717, 1.165) is 6.07 Å². The zero-order chi connectivity index (χ0) is 21.8. The van der Waals surface area contributed by atoms with Crippen LogP contribution in [0.4, 0.5) is 18.9 Å². The Balaban J connectivity index is 1.79. The predicted octanol–water partition coefficient (Wildman–Crippen LogP) is 4.35. The maximum Gasteiger partial charge on any atom is 0.290 e. The summed E-state index contributed by atoms with van der Waals surface area (Å²) < 4.78 is 51.0. The van der Waals surface area contributed by atoms with Crippen molar-refractivity contribution in [1.82, 2.24) is 4.90 Å². The molecule has 3 rings (SSSR count). The summed E-state index contributed by atoms with van der Waals surface area (Å²) in [4.78, 5) is 26.4. The predicted molar refractivity (Wildman–Crippen MR) is 104 cm³/mol. The molecule has 9 heteroatoms. The van der Waals surface area contributed by atoms with E-state index in [-0.39, 0.29) is 12.3 Å². The van der Waals surface area contributed by atoms with Gasteiger partial charge in [-0.15, -0.1) is 0 Å². The molecule has 0 unspecified atom stereocenters. The molecule has 0 bridgehead atoms. The molecular formula is C21H19F3N2O4. The van der Waals surface area contributed by atoms with Crippen LogP contribution in [0.2, 0.25) is 0 Å². The highest BCUT2D eigenvalue weighted by Gasteiger charge is 2.23. The summed E-state index contributed by atoms with van der Waals surface area (Å²) in [6.45, 7) is 1.61. The van der Waals surface area contributed by atoms with Crippen molar-refractivity contribution in [3.05, 3.63) is 59.6 Å². The van der Waals surface area contributed by atoms with Gasteiger partial charge < -0.3 is 19.4 Å². The van der Waals surface area contributed by atoms with Gasteiger partial charge in [0.05, 0.1) is 12.8 Å². The summed E-state index contributed by atoms with van der Waals surface area (Å²) >= 11 is 0. The third-order valence-corrected chi connectivity index (χ3v) is 4.36. The highest BCUT2D eigenvalue weighted by atomic mass is 19.2. The van der Waals surface area contributed by atoms with Crippen molar-refractivity contribution in [2.75, 3.05) is 25.5 Å². The van der Waals surface area contributed by atoms with E-state index in [9.17, 15) is 22.8 Å². The van der Waals surface area contributed by atoms with Crippen LogP contribution in [-0.4, -0.2) is 36.9 Å². The number of ether oxygens (including phenoxy) is 1. The third kappa shape index (κ3) is 4.24. The van der Waals surface area contributed by atoms with Crippen molar-refractivity contribution in [3.63, 3.8) is 0 Å². The van der Waals surface area contributed by atoms with Crippen molar-refractivity contribution in [1.29, 1.82) is 0 Å². The van der Waals surface area contributed by atoms with Crippen LogP contribution < -0.4 is 10.1 Å². The van der Waals surface area contributed by atoms with Crippen molar-refractivity contribution < 1.29 is 31.9 Å². The molecule has 2 amide bonds. The first-order chi connectivity index (χ1) is 14.3. The smallest absolute Gasteiger partial charge is 0.290 e. The number of halogens is 3. The lowest BCUT2D eigenvalue weighted by atomic mass is 10.2. The maximum absolute atomic E-state index is 13.8. The molecule has 2 aromatic carbocycles. The van der Waals surface area contributed by atoms with Gasteiger partial charge >= 0.3 is 0 Å². The van der Waals surface area contributed by atoms with Crippen molar-refractivity contribution in [3.8, 4) is 5.75 Å². The number of fused-ring (bicyclic) bond motifs is 1. The first-order valence-corrected chi connectivity index (χ1v) is 9.14. The number of benzene rings is 2. The molecule has 0 aliphatic carbocycles. The van der Waals surface area contributed by atoms with Crippen LogP contribution in [0.1, 0.15) is 23.9 Å². The fourth-order valence-corrected chi connectivity index (χ4v) is 2.97. The largest absolute Gasteiger partial charge is 0.493 e. The summed E-state index contributed by atoms with van der Waals surface area (Å²) in [5.41, 5.74) is -0.121. The second-order valence-corrected chi connectivity index (χ2v) is 6.49. The summed E-state index contributed by atoms with van der Waals surface area (Å²) in [7, 11) is 1.48. The number of hydrogen-bond donors (Lipinski definition) is 1. The van der Waals surface area contributed by atoms with Gasteiger partial charge in [-0.1, -0.05) is 19.1 Å². The fraction of sp³-hybridized carbons (Fsp3) is 0.238. The standard InChI is InChI=1S/C21H19F3N2O4/c1-3-9-26(11-17(27)25-14-8-7-13(22)18(23)19(14)24)21(28)16-10-12-5-4-6-15(29-2)20(12)30-16/h4-8,10H,3,9,11H2,1-2H3,(H,25,27). The van der Waals surface area contributed by atoms with Gasteiger partial charge in [0, 0.05) is 11.9 Å². The van der Waals surface area contributed by atoms with Gasteiger partial charge in [-0.2, -0.15) is 0 Å². The van der Waals surface area contributed by atoms with Crippen LogP contribution in [0.15, 0.2) is 40.8 Å². The highest BCUT2D eigenvalue weighted by molar-refractivity contribution is 6.00. The molecule has 3 aromatic rings. The molecule has 1 aromatic heterocycles. The SMILES string of the molecule is CCCN(CC(=O)Nc1ccc(F)c(F)c1F)C(=O)c1cc2cccc(OC)c2o1. The number of nitrogens with one attached hydrogen (secondary N) is 1. The quantitative estimate of drug-likeness (QED) is 0.577. The first kappa shape index (κ1) is 21.2. The van der Waals surface area contributed by atoms with Gasteiger partial charge in [0.25, 0.3) is 5.91 Å². The summed E-state index contributed by atoms with van der Waals surface area (Å²) in [6.07, 6.45) is 0.544. The molecule has 0 fully saturated rings. The Kier molecular flexibility index (Phi) is 6.29. The van der Waals surface area contributed by atoms with E-state index in [1.54, 1.807) is 18.2 Å². The first-order valence-electron chi connectivity index (χ1n) is 9.14. The van der Waals surface area contributed by atoms with E-state index in [1.165, 1.54) is 18.1 Å². The number of methoxy groups -OCH3 is 1. The van der Waals surface area contributed by atoms with Crippen molar-refractivity contribution >= 4 is 28.5 Å². The van der Waals surface area contributed by atoms with Gasteiger partial charge in [0.15, 0.2) is 34.5 Å². The van der Waals surface area contributed by atoms with Gasteiger partial charge in [0.2, 0.25) is 5.91 Å². The molecule has 0 saturated carbocycles. The Bertz CT molecular complexity index is 1100. The Morgan fingerprint density at radius 1 is 1.13 bits per heavy atom. The van der Waals surface area contributed by atoms with Crippen LogP contribution in [0.5, 0.6) is 5.75 Å². The normalized spacial score (nSPS) is 10.8. The number of rotatable bonds is 7. The highest BCUT2D eigenvalue weighted by Crippen LogP contribution is 2.29. The molecular weight excluding hydrogens is 401 g/mol. The molecule has 6 nitrogen and oxygen atoms in total. The molecule has 30 heavy (non-hydrogen) atoms. The van der Waals surface area contributed by atoms with Crippen LogP contribution in [0, 0.1) is 17.5 Å². The van der Waals surface area contributed by atoms with Crippen LogP contribution >= 0.6 is 0 Å². The lowest BCUT2D eigenvalue weighted by Crippen LogP contribution is -2.38. The number of anilines is 1. The van der Waals surface area contributed by atoms with E-state index < -0.39 is 41.5 Å². The average molecular weight is 420 g/mol. The number of para-hydroxylation sites is 1. The third-order valence-electron chi connectivity index (χ3n) is 4.36. The van der Waals surface area contributed by atoms with Crippen molar-refractivity contribution in [2.45, 2.75) is 13.3 Å². The number of carbonyl (C=O) groups is 2. The molecule has 0 atom stereocenters. The minimum Gasteiger partial charge on any atom is -0.493 e. The van der Waals surface area contributed by atoms with Crippen LogP contribution in [0.25, 0.3) is 11.0 Å². The fourth-order valence-electron chi connectivity index (χ4n) is 2.97. The van der Waals surface area contributed by atoms with Gasteiger partial charge in [-0.3, -0.25) is 9.59 Å². The van der Waals surface area contributed by atoms with E-state index >= 15 is 0 Å². The second-order valence-electron chi connectivity index (χ2n) is 6.49. The van der Waals surface area contributed by atoms with Crippen LogP contribution in [0.3, 0.4) is 0 Å². The molecule has 0 spiro atoms. The molecule has 0 radical (unpaired) electrons. The zero-order valence-corrected chi connectivity index (χ0v) is 16.3.